The zero-order valence-corrected chi connectivity index (χ0v) is 20.4. The molecule has 0 unspecified atom stereocenters. The zero-order valence-electron chi connectivity index (χ0n) is 17.2. The van der Waals surface area contributed by atoms with Crippen LogP contribution in [0.1, 0.15) is 20.8 Å². The average Bonchev–Trinajstić information content (AvgIpc) is 2.73. The monoisotopic (exact) mass is 516 g/mol. The molecule has 0 radical (unpaired) electrons. The summed E-state index contributed by atoms with van der Waals surface area (Å²) in [5.74, 6) is 6.21. The second-order valence-corrected chi connectivity index (χ2v) is 12.3. The van der Waals surface area contributed by atoms with Gasteiger partial charge in [-0.15, -0.1) is 24.6 Å². The second-order valence-electron chi connectivity index (χ2n) is 6.83. The van der Waals surface area contributed by atoms with Gasteiger partial charge in [0.1, 0.15) is 26.4 Å². The third-order valence-electron chi connectivity index (χ3n) is 5.42. The van der Waals surface area contributed by atoms with Gasteiger partial charge in [-0.2, -0.15) is 0 Å². The molecule has 0 spiro atoms. The Hall–Kier alpha value is -0.613. The molecule has 1 saturated heterocycles. The Labute approximate surface area is 185 Å². The Morgan fingerprint density at radius 3 is 2.07 bits per heavy atom. The molecule has 0 aromatic rings. The van der Waals surface area contributed by atoms with Crippen molar-refractivity contribution in [3.63, 3.8) is 0 Å². The van der Waals surface area contributed by atoms with Crippen LogP contribution < -0.4 is 0 Å². The van der Waals surface area contributed by atoms with Gasteiger partial charge in [0.05, 0.1) is 31.8 Å². The van der Waals surface area contributed by atoms with Gasteiger partial charge in [0.15, 0.2) is 0 Å². The summed E-state index contributed by atoms with van der Waals surface area (Å²) in [6, 6.07) is 3.34. The van der Waals surface area contributed by atoms with Crippen molar-refractivity contribution in [3.8, 4) is 21.3 Å². The lowest BCUT2D eigenvalue weighted by atomic mass is 9.87. The van der Waals surface area contributed by atoms with E-state index in [1.165, 1.54) is 0 Å². The highest BCUT2D eigenvalue weighted by Gasteiger charge is 2.46. The van der Waals surface area contributed by atoms with Crippen LogP contribution in [0.2, 0.25) is 18.1 Å². The van der Waals surface area contributed by atoms with Crippen LogP contribution in [0.4, 0.5) is 0 Å². The van der Waals surface area contributed by atoms with Crippen LogP contribution in [0.15, 0.2) is 25.3 Å². The van der Waals surface area contributed by atoms with Gasteiger partial charge in [0.2, 0.25) is 0 Å². The smallest absolute Gasteiger partial charge is 0.148 e. The van der Waals surface area contributed by atoms with Crippen LogP contribution in [0.25, 0.3) is 0 Å². The van der Waals surface area contributed by atoms with Crippen LogP contribution in [0.3, 0.4) is 0 Å². The Morgan fingerprint density at radius 2 is 1.61 bits per heavy atom. The molecule has 1 fully saturated rings. The molecule has 1 aliphatic rings. The van der Waals surface area contributed by atoms with Crippen molar-refractivity contribution < 1.29 is 19.3 Å². The first kappa shape index (κ1) is 25.4. The van der Waals surface area contributed by atoms with Crippen molar-refractivity contribution in [2.45, 2.75) is 63.3 Å². The van der Waals surface area contributed by atoms with E-state index < -0.39 is 26.4 Å². The van der Waals surface area contributed by atoms with Gasteiger partial charge in [-0.05, 0) is 22.1 Å². The summed E-state index contributed by atoms with van der Waals surface area (Å²) < 4.78 is 21.1. The topological polar surface area (TPSA) is 47.9 Å². The highest BCUT2D eigenvalue weighted by atomic mass is 127. The fourth-order valence-corrected chi connectivity index (χ4v) is 6.24. The summed E-state index contributed by atoms with van der Waals surface area (Å²) in [6.07, 6.45) is 1.67. The van der Waals surface area contributed by atoms with Gasteiger partial charge in [-0.3, -0.25) is 0 Å². The average molecular weight is 516 g/mol. The molecule has 0 aromatic heterocycles. The predicted octanol–water partition coefficient (Wildman–Crippen LogP) is 3.95. The summed E-state index contributed by atoms with van der Waals surface area (Å²) in [5, 5.41) is 9.99. The quantitative estimate of drug-likeness (QED) is 0.207. The van der Waals surface area contributed by atoms with E-state index in [0.717, 1.165) is 18.1 Å². The first-order chi connectivity index (χ1) is 13.6. The molecule has 0 aromatic carbocycles. The van der Waals surface area contributed by atoms with E-state index in [0.29, 0.717) is 13.2 Å². The predicted molar refractivity (Wildman–Crippen MR) is 126 cm³/mol. The first-order valence-electron chi connectivity index (χ1n) is 9.91. The van der Waals surface area contributed by atoms with Crippen LogP contribution in [-0.4, -0.2) is 57.4 Å². The maximum absolute atomic E-state index is 9.99. The number of rotatable bonds is 10. The van der Waals surface area contributed by atoms with E-state index in [-0.39, 0.29) is 18.6 Å². The summed E-state index contributed by atoms with van der Waals surface area (Å²) in [5.41, 5.74) is 3.62. The Bertz CT molecular complexity index is 603. The van der Waals surface area contributed by atoms with Crippen molar-refractivity contribution in [3.05, 3.63) is 25.3 Å². The molecule has 1 aliphatic heterocycles. The van der Waals surface area contributed by atoms with Gasteiger partial charge in [0.25, 0.3) is 0 Å². The van der Waals surface area contributed by atoms with Crippen molar-refractivity contribution in [1.82, 2.24) is 0 Å². The highest BCUT2D eigenvalue weighted by molar-refractivity contribution is 14.1. The SMILES string of the molecule is C=CCO[C@@H]1[C@@H](OCC=C)[C@H](C#C[Si](CC)(CC)CC)[C@@H](CO)O[C@@H]1C#CI. The standard InChI is InChI=1S/C22H33IO4Si/c1-6-14-25-21-18(12-16-28(8-3,9-4)10-5)20(17-24)27-19(11-13-23)22(21)26-15-7-2/h6-7,18-22,24H,1-2,8-10,14-15,17H2,3-5H3/t18-,19-,20-,21+,22+/m1/s1. The van der Waals surface area contributed by atoms with Crippen LogP contribution in [0, 0.1) is 27.2 Å². The fourth-order valence-electron chi connectivity index (χ4n) is 3.43. The minimum absolute atomic E-state index is 0.139. The lowest BCUT2D eigenvalue weighted by Gasteiger charge is -2.42. The van der Waals surface area contributed by atoms with E-state index in [1.807, 2.05) is 22.6 Å². The molecule has 4 nitrogen and oxygen atoms in total. The number of hydrogen-bond acceptors (Lipinski definition) is 4. The highest BCUT2D eigenvalue weighted by Crippen LogP contribution is 2.31. The van der Waals surface area contributed by atoms with Gasteiger partial charge in [-0.1, -0.05) is 38.8 Å². The first-order valence-corrected chi connectivity index (χ1v) is 13.6. The van der Waals surface area contributed by atoms with Crippen molar-refractivity contribution in [2.24, 2.45) is 5.92 Å². The third kappa shape index (κ3) is 6.72. The number of halogens is 1. The molecule has 1 rings (SSSR count). The van der Waals surface area contributed by atoms with Crippen LogP contribution in [0.5, 0.6) is 0 Å². The minimum Gasteiger partial charge on any atom is -0.394 e. The van der Waals surface area contributed by atoms with Gasteiger partial charge in [-0.25, -0.2) is 0 Å². The molecular formula is C22H33IO4Si. The van der Waals surface area contributed by atoms with E-state index in [1.54, 1.807) is 12.2 Å². The van der Waals surface area contributed by atoms with Crippen molar-refractivity contribution in [2.75, 3.05) is 19.8 Å². The molecule has 1 heterocycles. The summed E-state index contributed by atoms with van der Waals surface area (Å²) in [7, 11) is -1.64. The van der Waals surface area contributed by atoms with Gasteiger partial charge in [0, 0.05) is 22.6 Å². The molecule has 0 saturated carbocycles. The molecule has 5 atom stereocenters. The lowest BCUT2D eigenvalue weighted by Crippen LogP contribution is -2.57. The van der Waals surface area contributed by atoms with E-state index in [9.17, 15) is 5.11 Å². The Morgan fingerprint density at radius 1 is 1.04 bits per heavy atom. The van der Waals surface area contributed by atoms with Crippen LogP contribution >= 0.6 is 22.6 Å². The van der Waals surface area contributed by atoms with Gasteiger partial charge >= 0.3 is 0 Å². The molecule has 0 bridgehead atoms. The molecule has 1 N–H and O–H groups in total. The zero-order chi connectivity index (χ0) is 21.0. The number of aliphatic hydroxyl groups excluding tert-OH is 1. The molecule has 0 amide bonds. The second kappa shape index (κ2) is 13.6. The van der Waals surface area contributed by atoms with Crippen molar-refractivity contribution >= 4 is 30.7 Å². The molecule has 0 aliphatic carbocycles. The van der Waals surface area contributed by atoms with Crippen molar-refractivity contribution in [1.29, 1.82) is 0 Å². The fraction of sp³-hybridized carbons (Fsp3) is 0.636. The third-order valence-corrected chi connectivity index (χ3v) is 10.5. The van der Waals surface area contributed by atoms with Crippen LogP contribution in [-0.2, 0) is 14.2 Å². The van der Waals surface area contributed by atoms with E-state index in [4.69, 9.17) is 14.2 Å². The summed E-state index contributed by atoms with van der Waals surface area (Å²) in [4.78, 5) is 0. The maximum Gasteiger partial charge on any atom is 0.148 e. The van der Waals surface area contributed by atoms with E-state index in [2.05, 4.69) is 55.2 Å². The minimum atomic E-state index is -1.64. The number of ether oxygens (including phenoxy) is 3. The largest absolute Gasteiger partial charge is 0.394 e. The Balaban J connectivity index is 3.35. The number of hydrogen-bond donors (Lipinski definition) is 1. The Kier molecular flexibility index (Phi) is 12.3. The summed E-state index contributed by atoms with van der Waals surface area (Å²) >= 11 is 1.98. The number of aliphatic hydroxyl groups is 1. The molecule has 28 heavy (non-hydrogen) atoms. The van der Waals surface area contributed by atoms with Gasteiger partial charge < -0.3 is 19.3 Å². The summed E-state index contributed by atoms with van der Waals surface area (Å²) in [6.45, 7) is 14.8. The molecule has 6 heteroatoms. The maximum atomic E-state index is 9.99. The molecular weight excluding hydrogens is 483 g/mol. The lowest BCUT2D eigenvalue weighted by molar-refractivity contribution is -0.203. The molecule has 156 valence electrons. The van der Waals surface area contributed by atoms with E-state index >= 15 is 0 Å². The normalized spacial score (nSPS) is 27.1.